The van der Waals surface area contributed by atoms with Crippen molar-refractivity contribution in [2.75, 3.05) is 12.0 Å². The maximum Gasteiger partial charge on any atom is 0.147 e. The van der Waals surface area contributed by atoms with Gasteiger partial charge in [0.1, 0.15) is 26.6 Å². The minimum absolute atomic E-state index is 0.0255. The molecule has 1 aromatic rings. The Kier molecular flexibility index (Phi) is 22.4. The van der Waals surface area contributed by atoms with Gasteiger partial charge in [0.2, 0.25) is 0 Å². The predicted molar refractivity (Wildman–Crippen MR) is 167 cm³/mol. The van der Waals surface area contributed by atoms with E-state index in [9.17, 15) is 17.6 Å². The average molecular weight is 589 g/mol. The van der Waals surface area contributed by atoms with E-state index in [2.05, 4.69) is 58.4 Å². The number of carbonyl (C=O) groups excluding carboxylic acids is 1. The summed E-state index contributed by atoms with van der Waals surface area (Å²) in [6.45, 7) is 18.7. The number of rotatable bonds is 14. The third kappa shape index (κ3) is 21.9. The first-order chi connectivity index (χ1) is 18.1. The van der Waals surface area contributed by atoms with Gasteiger partial charge in [-0.25, -0.2) is 17.8 Å². The Labute approximate surface area is 244 Å². The van der Waals surface area contributed by atoms with Crippen LogP contribution in [0, 0.1) is 23.6 Å². The van der Waals surface area contributed by atoms with Crippen LogP contribution in [0.5, 0.6) is 0 Å². The molecule has 0 N–H and O–H groups in total. The standard InChI is InChI=1S/C18H26ClFN2.C8H18.C5H10O3S/c1-6-8-16(12(3)7-2)13(4)18(19)22-14(5)17-10-9-15(20)11-21-17;1-4-5-6-7-8(2)3;1-5(6)3-4-9(2,7)8/h9-12,16H,6-8H2,1-5H3;8H,4-7H2,1-3H3;3-4H2,1-2H3/b18-13+,22-14+;;/t12-,16+;;/m0../s1. The maximum absolute atomic E-state index is 12.9. The van der Waals surface area contributed by atoms with Crippen molar-refractivity contribution in [2.24, 2.45) is 22.7 Å². The van der Waals surface area contributed by atoms with Gasteiger partial charge in [0, 0.05) is 12.7 Å². The number of ketones is 1. The van der Waals surface area contributed by atoms with Crippen molar-refractivity contribution in [1.29, 1.82) is 0 Å². The van der Waals surface area contributed by atoms with Crippen molar-refractivity contribution < 1.29 is 17.6 Å². The molecule has 0 radical (unpaired) electrons. The molecule has 0 aliphatic rings. The monoisotopic (exact) mass is 588 g/mol. The minimum atomic E-state index is -2.94. The summed E-state index contributed by atoms with van der Waals surface area (Å²) in [7, 11) is -2.94. The van der Waals surface area contributed by atoms with Crippen LogP contribution in [0.4, 0.5) is 4.39 Å². The zero-order valence-corrected chi connectivity index (χ0v) is 27.7. The summed E-state index contributed by atoms with van der Waals surface area (Å²) in [5.41, 5.74) is 2.46. The first kappa shape index (κ1) is 39.5. The molecule has 1 rings (SSSR count). The van der Waals surface area contributed by atoms with Gasteiger partial charge >= 0.3 is 0 Å². The van der Waals surface area contributed by atoms with Crippen molar-refractivity contribution >= 4 is 32.9 Å². The second-order valence-corrected chi connectivity index (χ2v) is 13.4. The van der Waals surface area contributed by atoms with E-state index < -0.39 is 9.84 Å². The number of sulfone groups is 1. The van der Waals surface area contributed by atoms with Crippen LogP contribution in [-0.4, -0.2) is 36.9 Å². The van der Waals surface area contributed by atoms with Crippen molar-refractivity contribution in [2.45, 2.75) is 114 Å². The fourth-order valence-corrected chi connectivity index (χ4v) is 4.62. The van der Waals surface area contributed by atoms with E-state index in [0.717, 1.165) is 37.0 Å². The molecule has 1 aromatic heterocycles. The molecule has 0 amide bonds. The lowest BCUT2D eigenvalue weighted by atomic mass is 9.83. The van der Waals surface area contributed by atoms with Gasteiger partial charge in [0.25, 0.3) is 0 Å². The number of allylic oxidation sites excluding steroid dienone is 1. The number of pyridine rings is 1. The van der Waals surface area contributed by atoms with Gasteiger partial charge in [-0.1, -0.05) is 91.7 Å². The molecule has 0 bridgehead atoms. The van der Waals surface area contributed by atoms with Crippen LogP contribution in [0.25, 0.3) is 0 Å². The SMILES string of the molecule is CC(=O)CCS(C)(=O)=O.CCCCCC(C)C.CCC[C@@H](/C(C)=C(Cl)/N=C(\C)c1ccc(F)cn1)[C@@H](C)CC. The number of halogens is 2. The number of nitrogens with zero attached hydrogens (tertiary/aromatic N) is 2. The summed E-state index contributed by atoms with van der Waals surface area (Å²) in [5.74, 6) is 1.46. The van der Waals surface area contributed by atoms with Crippen molar-refractivity contribution in [3.8, 4) is 0 Å². The fourth-order valence-electron chi connectivity index (χ4n) is 3.69. The number of unbranched alkanes of at least 4 members (excludes halogenated alkanes) is 2. The van der Waals surface area contributed by atoms with Crippen molar-refractivity contribution in [3.05, 3.63) is 40.6 Å². The molecule has 0 aromatic carbocycles. The first-order valence-corrected chi connectivity index (χ1v) is 16.7. The van der Waals surface area contributed by atoms with Gasteiger partial charge in [0.05, 0.1) is 23.4 Å². The van der Waals surface area contributed by atoms with Gasteiger partial charge in [-0.3, -0.25) is 9.78 Å². The molecule has 0 saturated heterocycles. The number of hydrogen-bond donors (Lipinski definition) is 0. The molecule has 1 heterocycles. The van der Waals surface area contributed by atoms with Gasteiger partial charge < -0.3 is 0 Å². The van der Waals surface area contributed by atoms with Crippen LogP contribution < -0.4 is 0 Å². The summed E-state index contributed by atoms with van der Waals surface area (Å²) >= 11 is 6.43. The topological polar surface area (TPSA) is 76.5 Å². The number of Topliss-reactive ketones (excluding diaryl/α,β-unsaturated/α-hetero) is 1. The molecule has 0 aliphatic heterocycles. The number of aliphatic imine (C=N–C) groups is 1. The highest BCUT2D eigenvalue weighted by Gasteiger charge is 2.19. The highest BCUT2D eigenvalue weighted by molar-refractivity contribution is 7.90. The van der Waals surface area contributed by atoms with E-state index in [1.54, 1.807) is 6.07 Å². The van der Waals surface area contributed by atoms with Crippen LogP contribution >= 0.6 is 11.6 Å². The van der Waals surface area contributed by atoms with Crippen LogP contribution in [0.2, 0.25) is 0 Å². The molecule has 39 heavy (non-hydrogen) atoms. The fraction of sp³-hybridized carbons (Fsp3) is 0.710. The van der Waals surface area contributed by atoms with Crippen LogP contribution in [0.15, 0.2) is 34.1 Å². The molecule has 0 unspecified atom stereocenters. The zero-order valence-electron chi connectivity index (χ0n) is 26.1. The molecule has 2 atom stereocenters. The third-order valence-electron chi connectivity index (χ3n) is 6.39. The molecule has 8 heteroatoms. The lowest BCUT2D eigenvalue weighted by Gasteiger charge is -2.24. The van der Waals surface area contributed by atoms with Gasteiger partial charge in [-0.05, 0) is 62.7 Å². The van der Waals surface area contributed by atoms with E-state index in [-0.39, 0.29) is 23.8 Å². The third-order valence-corrected chi connectivity index (χ3v) is 7.71. The molecular weight excluding hydrogens is 535 g/mol. The Balaban J connectivity index is 0. The van der Waals surface area contributed by atoms with Gasteiger partial charge in [-0.2, -0.15) is 0 Å². The van der Waals surface area contributed by atoms with Gasteiger partial charge in [0.15, 0.2) is 0 Å². The van der Waals surface area contributed by atoms with E-state index in [1.165, 1.54) is 44.9 Å². The summed E-state index contributed by atoms with van der Waals surface area (Å²) in [6, 6.07) is 3.00. The maximum atomic E-state index is 12.9. The Morgan fingerprint density at radius 2 is 1.64 bits per heavy atom. The normalized spacial score (nSPS) is 13.9. The van der Waals surface area contributed by atoms with Crippen LogP contribution in [0.1, 0.15) is 119 Å². The second kappa shape index (κ2) is 22.1. The van der Waals surface area contributed by atoms with Crippen molar-refractivity contribution in [3.63, 3.8) is 0 Å². The van der Waals surface area contributed by atoms with Gasteiger partial charge in [-0.15, -0.1) is 0 Å². The predicted octanol–water partition coefficient (Wildman–Crippen LogP) is 9.20. The molecular formula is C31H54ClFN2O3S. The van der Waals surface area contributed by atoms with E-state index in [4.69, 9.17) is 11.6 Å². The highest BCUT2D eigenvalue weighted by Crippen LogP contribution is 2.31. The quantitative estimate of drug-likeness (QED) is 0.123. The summed E-state index contributed by atoms with van der Waals surface area (Å²) in [6.07, 6.45) is 11.4. The Morgan fingerprint density at radius 1 is 1.03 bits per heavy atom. The molecule has 0 aliphatic carbocycles. The van der Waals surface area contributed by atoms with E-state index in [1.807, 2.05) is 6.92 Å². The lowest BCUT2D eigenvalue weighted by Crippen LogP contribution is -2.13. The summed E-state index contributed by atoms with van der Waals surface area (Å²) in [4.78, 5) is 18.7. The minimum Gasteiger partial charge on any atom is -0.300 e. The van der Waals surface area contributed by atoms with Crippen molar-refractivity contribution in [1.82, 2.24) is 4.98 Å². The molecule has 5 nitrogen and oxygen atoms in total. The number of aromatic nitrogens is 1. The summed E-state index contributed by atoms with van der Waals surface area (Å²) in [5, 5.41) is 0.530. The largest absolute Gasteiger partial charge is 0.300 e. The number of carbonyl (C=O) groups is 1. The Morgan fingerprint density at radius 3 is 2.03 bits per heavy atom. The lowest BCUT2D eigenvalue weighted by molar-refractivity contribution is -0.116. The molecule has 0 spiro atoms. The molecule has 0 saturated carbocycles. The Bertz CT molecular complexity index is 974. The molecule has 226 valence electrons. The van der Waals surface area contributed by atoms with Crippen LogP contribution in [-0.2, 0) is 14.6 Å². The van der Waals surface area contributed by atoms with E-state index >= 15 is 0 Å². The highest BCUT2D eigenvalue weighted by atomic mass is 35.5. The van der Waals surface area contributed by atoms with E-state index in [0.29, 0.717) is 28.4 Å². The first-order valence-electron chi connectivity index (χ1n) is 14.3. The summed E-state index contributed by atoms with van der Waals surface area (Å²) < 4.78 is 33.7. The Hall–Kier alpha value is -1.60. The number of hydrogen-bond acceptors (Lipinski definition) is 5. The molecule has 0 fully saturated rings. The smallest absolute Gasteiger partial charge is 0.147 e. The second-order valence-electron chi connectivity index (χ2n) is 10.8. The zero-order chi connectivity index (χ0) is 30.6. The average Bonchev–Trinajstić information content (AvgIpc) is 2.86. The van der Waals surface area contributed by atoms with Crippen LogP contribution in [0.3, 0.4) is 0 Å².